The maximum absolute atomic E-state index is 12.9. The zero-order valence-corrected chi connectivity index (χ0v) is 20.4. The van der Waals surface area contributed by atoms with Crippen LogP contribution >= 0.6 is 0 Å². The molecule has 1 N–H and O–H groups in total. The standard InChI is InChI=1S/C27H27F3N2O4/c1-15-16(2)22(36-26(3,4)25(33)34)12-11-21(15)35-14-19-13-31-24(32-23(19)17-5-6-17)18-7-9-20(10-8-18)27(28,29)30/h7-13,17H,5-6,14H2,1-4H3,(H,33,34). The molecule has 9 heteroatoms. The second-order valence-corrected chi connectivity index (χ2v) is 9.47. The summed E-state index contributed by atoms with van der Waals surface area (Å²) >= 11 is 0. The van der Waals surface area contributed by atoms with E-state index in [-0.39, 0.29) is 12.5 Å². The number of benzene rings is 2. The molecule has 0 radical (unpaired) electrons. The number of ether oxygens (including phenoxy) is 2. The van der Waals surface area contributed by atoms with E-state index in [0.29, 0.717) is 22.9 Å². The Kier molecular flexibility index (Phi) is 6.68. The Bertz CT molecular complexity index is 1280. The van der Waals surface area contributed by atoms with Crippen LogP contribution in [0.2, 0.25) is 0 Å². The number of hydrogen-bond acceptors (Lipinski definition) is 5. The molecule has 0 spiro atoms. The Labute approximate surface area is 207 Å². The molecule has 2 aromatic carbocycles. The Balaban J connectivity index is 1.53. The summed E-state index contributed by atoms with van der Waals surface area (Å²) in [5.41, 5.74) is 1.69. The van der Waals surface area contributed by atoms with Gasteiger partial charge in [-0.2, -0.15) is 13.2 Å². The normalized spacial score (nSPS) is 14.0. The van der Waals surface area contributed by atoms with Gasteiger partial charge in [0.1, 0.15) is 18.1 Å². The lowest BCUT2D eigenvalue weighted by atomic mass is 10.1. The minimum absolute atomic E-state index is 0.222. The van der Waals surface area contributed by atoms with Crippen molar-refractivity contribution in [2.45, 2.75) is 64.8 Å². The molecule has 36 heavy (non-hydrogen) atoms. The van der Waals surface area contributed by atoms with E-state index in [2.05, 4.69) is 9.97 Å². The fraction of sp³-hybridized carbons (Fsp3) is 0.370. The molecule has 4 rings (SSSR count). The van der Waals surface area contributed by atoms with E-state index in [1.807, 2.05) is 13.8 Å². The van der Waals surface area contributed by atoms with Gasteiger partial charge in [-0.25, -0.2) is 14.8 Å². The summed E-state index contributed by atoms with van der Waals surface area (Å²) in [5, 5.41) is 9.33. The van der Waals surface area contributed by atoms with Gasteiger partial charge >= 0.3 is 12.1 Å². The monoisotopic (exact) mass is 500 g/mol. The van der Waals surface area contributed by atoms with E-state index in [9.17, 15) is 23.1 Å². The third-order valence-electron chi connectivity index (χ3n) is 6.28. The minimum Gasteiger partial charge on any atom is -0.488 e. The van der Waals surface area contributed by atoms with Crippen LogP contribution in [0.4, 0.5) is 13.2 Å². The smallest absolute Gasteiger partial charge is 0.416 e. The molecule has 0 saturated heterocycles. The van der Waals surface area contributed by atoms with Gasteiger partial charge in [0.2, 0.25) is 0 Å². The highest BCUT2D eigenvalue weighted by atomic mass is 19.4. The van der Waals surface area contributed by atoms with Crippen molar-refractivity contribution in [3.05, 3.63) is 70.5 Å². The fourth-order valence-corrected chi connectivity index (χ4v) is 3.70. The molecule has 0 bridgehead atoms. The summed E-state index contributed by atoms with van der Waals surface area (Å²) in [6.45, 7) is 6.91. The first-order chi connectivity index (χ1) is 16.9. The fourth-order valence-electron chi connectivity index (χ4n) is 3.70. The van der Waals surface area contributed by atoms with Crippen LogP contribution in [0.5, 0.6) is 11.5 Å². The van der Waals surface area contributed by atoms with E-state index < -0.39 is 23.3 Å². The molecule has 1 fully saturated rings. The van der Waals surface area contributed by atoms with Crippen molar-refractivity contribution in [1.29, 1.82) is 0 Å². The van der Waals surface area contributed by atoms with Gasteiger partial charge in [-0.15, -0.1) is 0 Å². The van der Waals surface area contributed by atoms with Crippen LogP contribution in [0.1, 0.15) is 60.6 Å². The first-order valence-corrected chi connectivity index (χ1v) is 11.6. The molecule has 1 saturated carbocycles. The van der Waals surface area contributed by atoms with Gasteiger partial charge in [0.05, 0.1) is 11.3 Å². The lowest BCUT2D eigenvalue weighted by Crippen LogP contribution is -2.38. The molecule has 3 aromatic rings. The molecular weight excluding hydrogens is 473 g/mol. The van der Waals surface area contributed by atoms with Crippen molar-refractivity contribution < 1.29 is 32.5 Å². The van der Waals surface area contributed by atoms with Gasteiger partial charge in [-0.3, -0.25) is 0 Å². The molecule has 1 aromatic heterocycles. The molecule has 1 aliphatic rings. The Morgan fingerprint density at radius 3 is 2.22 bits per heavy atom. The van der Waals surface area contributed by atoms with E-state index in [4.69, 9.17) is 9.47 Å². The molecule has 0 atom stereocenters. The summed E-state index contributed by atoms with van der Waals surface area (Å²) in [7, 11) is 0. The van der Waals surface area contributed by atoms with Crippen LogP contribution in [0.3, 0.4) is 0 Å². The number of hydrogen-bond donors (Lipinski definition) is 1. The Morgan fingerprint density at radius 2 is 1.64 bits per heavy atom. The van der Waals surface area contributed by atoms with Gasteiger partial charge in [-0.05, 0) is 75.9 Å². The molecular formula is C27H27F3N2O4. The third-order valence-corrected chi connectivity index (χ3v) is 6.28. The number of rotatable bonds is 8. The number of aliphatic carboxylic acids is 1. The summed E-state index contributed by atoms with van der Waals surface area (Å²) in [4.78, 5) is 20.5. The molecule has 190 valence electrons. The second kappa shape index (κ2) is 9.44. The van der Waals surface area contributed by atoms with Crippen LogP contribution in [-0.2, 0) is 17.6 Å². The van der Waals surface area contributed by atoms with E-state index >= 15 is 0 Å². The number of alkyl halides is 3. The maximum atomic E-state index is 12.9. The minimum atomic E-state index is -4.40. The average molecular weight is 501 g/mol. The van der Waals surface area contributed by atoms with Gasteiger partial charge in [0.25, 0.3) is 0 Å². The topological polar surface area (TPSA) is 81.5 Å². The number of nitrogens with zero attached hydrogens (tertiary/aromatic N) is 2. The van der Waals surface area contributed by atoms with Crippen molar-refractivity contribution in [3.63, 3.8) is 0 Å². The predicted molar refractivity (Wildman–Crippen MR) is 127 cm³/mol. The van der Waals surface area contributed by atoms with Crippen molar-refractivity contribution in [2.24, 2.45) is 0 Å². The van der Waals surface area contributed by atoms with Crippen molar-refractivity contribution in [2.75, 3.05) is 0 Å². The maximum Gasteiger partial charge on any atom is 0.416 e. The average Bonchev–Trinajstić information content (AvgIpc) is 3.66. The van der Waals surface area contributed by atoms with Crippen LogP contribution < -0.4 is 9.47 Å². The van der Waals surface area contributed by atoms with Crippen LogP contribution in [0, 0.1) is 13.8 Å². The van der Waals surface area contributed by atoms with Crippen LogP contribution in [0.25, 0.3) is 11.4 Å². The molecule has 0 amide bonds. The molecule has 0 unspecified atom stereocenters. The zero-order valence-electron chi connectivity index (χ0n) is 20.4. The van der Waals surface area contributed by atoms with Crippen LogP contribution in [-0.4, -0.2) is 26.6 Å². The molecule has 1 heterocycles. The second-order valence-electron chi connectivity index (χ2n) is 9.47. The predicted octanol–water partition coefficient (Wildman–Crippen LogP) is 6.48. The zero-order chi connectivity index (χ0) is 26.3. The van der Waals surface area contributed by atoms with Crippen molar-refractivity contribution in [1.82, 2.24) is 9.97 Å². The van der Waals surface area contributed by atoms with Crippen molar-refractivity contribution in [3.8, 4) is 22.9 Å². The van der Waals surface area contributed by atoms with Gasteiger partial charge in [-0.1, -0.05) is 12.1 Å². The highest BCUT2D eigenvalue weighted by Gasteiger charge is 2.32. The van der Waals surface area contributed by atoms with E-state index in [1.54, 1.807) is 18.3 Å². The summed E-state index contributed by atoms with van der Waals surface area (Å²) in [6.07, 6.45) is -0.754. The third kappa shape index (κ3) is 5.45. The highest BCUT2D eigenvalue weighted by Crippen LogP contribution is 2.41. The number of carboxylic acid groups (broad SMARTS) is 1. The number of halogens is 3. The van der Waals surface area contributed by atoms with Gasteiger partial charge in [0.15, 0.2) is 11.4 Å². The van der Waals surface area contributed by atoms with E-state index in [1.165, 1.54) is 26.0 Å². The van der Waals surface area contributed by atoms with Gasteiger partial charge in [0, 0.05) is 23.2 Å². The van der Waals surface area contributed by atoms with Crippen molar-refractivity contribution >= 4 is 5.97 Å². The SMILES string of the molecule is Cc1c(OCc2cnc(-c3ccc(C(F)(F)F)cc3)nc2C2CC2)ccc(OC(C)(C)C(=O)O)c1C. The van der Waals surface area contributed by atoms with E-state index in [0.717, 1.165) is 47.4 Å². The molecule has 0 aliphatic heterocycles. The molecule has 6 nitrogen and oxygen atoms in total. The summed E-state index contributed by atoms with van der Waals surface area (Å²) < 4.78 is 50.4. The lowest BCUT2D eigenvalue weighted by Gasteiger charge is -2.24. The number of aromatic nitrogens is 2. The first kappa shape index (κ1) is 25.5. The number of carboxylic acids is 1. The Morgan fingerprint density at radius 1 is 1.03 bits per heavy atom. The number of carbonyl (C=O) groups is 1. The lowest BCUT2D eigenvalue weighted by molar-refractivity contribution is -0.152. The van der Waals surface area contributed by atoms with Gasteiger partial charge < -0.3 is 14.6 Å². The summed E-state index contributed by atoms with van der Waals surface area (Å²) in [6, 6.07) is 8.25. The molecule has 1 aliphatic carbocycles. The highest BCUT2D eigenvalue weighted by molar-refractivity contribution is 5.77. The largest absolute Gasteiger partial charge is 0.488 e. The quantitative estimate of drug-likeness (QED) is 0.381. The summed E-state index contributed by atoms with van der Waals surface area (Å²) in [5.74, 6) is 0.685. The van der Waals surface area contributed by atoms with Crippen LogP contribution in [0.15, 0.2) is 42.6 Å². The first-order valence-electron chi connectivity index (χ1n) is 11.6. The Hall–Kier alpha value is -3.62.